The summed E-state index contributed by atoms with van der Waals surface area (Å²) in [6, 6.07) is 3.52. The highest BCUT2D eigenvalue weighted by Crippen LogP contribution is 2.19. The van der Waals surface area contributed by atoms with E-state index in [-0.39, 0.29) is 11.3 Å². The lowest BCUT2D eigenvalue weighted by atomic mass is 9.90. The Morgan fingerprint density at radius 3 is 2.88 bits per heavy atom. The highest BCUT2D eigenvalue weighted by atomic mass is 32.1. The molecule has 1 rings (SSSR count). The van der Waals surface area contributed by atoms with E-state index in [9.17, 15) is 4.79 Å². The topological polar surface area (TPSA) is 42.0 Å². The summed E-state index contributed by atoms with van der Waals surface area (Å²) in [6.07, 6.45) is 4.20. The van der Waals surface area contributed by atoms with Gasteiger partial charge in [0.25, 0.3) is 5.91 Å². The Morgan fingerprint density at radius 2 is 2.31 bits per heavy atom. The number of aromatic nitrogens is 1. The summed E-state index contributed by atoms with van der Waals surface area (Å²) in [4.78, 5) is 15.6. The Bertz CT molecular complexity index is 338. The van der Waals surface area contributed by atoms with Gasteiger partial charge in [-0.1, -0.05) is 13.8 Å². The normalized spacial score (nSPS) is 11.2. The van der Waals surface area contributed by atoms with Crippen molar-refractivity contribution in [2.75, 3.05) is 12.3 Å². The third kappa shape index (κ3) is 4.23. The molecule has 1 amide bonds. The first-order valence-electron chi connectivity index (χ1n) is 5.34. The molecule has 3 nitrogen and oxygen atoms in total. The van der Waals surface area contributed by atoms with Crippen molar-refractivity contribution in [3.8, 4) is 0 Å². The first-order valence-corrected chi connectivity index (χ1v) is 5.97. The van der Waals surface area contributed by atoms with Crippen LogP contribution in [0.2, 0.25) is 0 Å². The Kier molecular flexibility index (Phi) is 4.80. The molecule has 1 N–H and O–H groups in total. The van der Waals surface area contributed by atoms with Gasteiger partial charge in [0.2, 0.25) is 0 Å². The highest BCUT2D eigenvalue weighted by molar-refractivity contribution is 7.80. The number of nitrogens with one attached hydrogen (secondary N) is 1. The van der Waals surface area contributed by atoms with Gasteiger partial charge in [0.1, 0.15) is 0 Å². The molecule has 16 heavy (non-hydrogen) atoms. The van der Waals surface area contributed by atoms with E-state index < -0.39 is 0 Å². The molecule has 0 unspecified atom stereocenters. The molecular weight excluding hydrogens is 220 g/mol. The van der Waals surface area contributed by atoms with Crippen molar-refractivity contribution in [2.24, 2.45) is 5.41 Å². The summed E-state index contributed by atoms with van der Waals surface area (Å²) in [7, 11) is 0. The molecule has 0 aromatic carbocycles. The van der Waals surface area contributed by atoms with Gasteiger partial charge in [-0.2, -0.15) is 12.6 Å². The van der Waals surface area contributed by atoms with Gasteiger partial charge in [-0.3, -0.25) is 9.78 Å². The van der Waals surface area contributed by atoms with Crippen LogP contribution >= 0.6 is 12.6 Å². The van der Waals surface area contributed by atoms with Gasteiger partial charge in [0, 0.05) is 18.9 Å². The molecule has 0 fully saturated rings. The Morgan fingerprint density at radius 1 is 1.56 bits per heavy atom. The van der Waals surface area contributed by atoms with Crippen LogP contribution in [0.15, 0.2) is 24.5 Å². The van der Waals surface area contributed by atoms with Crippen LogP contribution in [-0.4, -0.2) is 23.2 Å². The zero-order valence-electron chi connectivity index (χ0n) is 9.73. The number of hydrogen-bond donors (Lipinski definition) is 2. The highest BCUT2D eigenvalue weighted by Gasteiger charge is 2.18. The van der Waals surface area contributed by atoms with E-state index in [0.717, 1.165) is 12.2 Å². The maximum Gasteiger partial charge on any atom is 0.252 e. The Labute approximate surface area is 102 Å². The Hall–Kier alpha value is -1.03. The lowest BCUT2D eigenvalue weighted by Crippen LogP contribution is -2.34. The second-order valence-electron chi connectivity index (χ2n) is 4.56. The van der Waals surface area contributed by atoms with Crippen molar-refractivity contribution in [2.45, 2.75) is 20.3 Å². The Balaban J connectivity index is 2.48. The van der Waals surface area contributed by atoms with Crippen molar-refractivity contribution in [3.63, 3.8) is 0 Å². The van der Waals surface area contributed by atoms with Crippen LogP contribution in [0, 0.1) is 5.41 Å². The minimum absolute atomic E-state index is 0.0691. The zero-order valence-corrected chi connectivity index (χ0v) is 10.6. The summed E-state index contributed by atoms with van der Waals surface area (Å²) < 4.78 is 0. The second-order valence-corrected chi connectivity index (χ2v) is 5.01. The molecular formula is C12H18N2OS. The average Bonchev–Trinajstić information content (AvgIpc) is 2.27. The number of rotatable bonds is 5. The van der Waals surface area contributed by atoms with Crippen molar-refractivity contribution < 1.29 is 4.79 Å². The first-order chi connectivity index (χ1) is 7.55. The number of thiol groups is 1. The van der Waals surface area contributed by atoms with E-state index in [0.29, 0.717) is 12.1 Å². The number of carbonyl (C=O) groups excluding carboxylic acids is 1. The van der Waals surface area contributed by atoms with Gasteiger partial charge in [0.15, 0.2) is 0 Å². The maximum absolute atomic E-state index is 11.7. The second kappa shape index (κ2) is 5.89. The molecule has 0 spiro atoms. The zero-order chi connectivity index (χ0) is 12.0. The summed E-state index contributed by atoms with van der Waals surface area (Å²) in [5.41, 5.74) is 0.684. The van der Waals surface area contributed by atoms with E-state index in [1.807, 2.05) is 0 Å². The summed E-state index contributed by atoms with van der Waals surface area (Å²) in [5.74, 6) is 0.760. The molecule has 0 aliphatic heterocycles. The fraction of sp³-hybridized carbons (Fsp3) is 0.500. The minimum atomic E-state index is -0.0691. The van der Waals surface area contributed by atoms with E-state index in [2.05, 4.69) is 36.8 Å². The fourth-order valence-electron chi connectivity index (χ4n) is 1.31. The predicted molar refractivity (Wildman–Crippen MR) is 68.8 cm³/mol. The number of nitrogens with zero attached hydrogens (tertiary/aromatic N) is 1. The van der Waals surface area contributed by atoms with Crippen molar-refractivity contribution in [1.82, 2.24) is 10.3 Å². The predicted octanol–water partition coefficient (Wildman–Crippen LogP) is 2.16. The molecule has 0 bridgehead atoms. The molecule has 0 saturated carbocycles. The summed E-state index contributed by atoms with van der Waals surface area (Å²) >= 11 is 4.21. The number of hydrogen-bond acceptors (Lipinski definition) is 3. The molecule has 1 heterocycles. The van der Waals surface area contributed by atoms with Crippen LogP contribution in [0.25, 0.3) is 0 Å². The molecule has 88 valence electrons. The molecule has 1 aromatic heterocycles. The summed E-state index contributed by atoms with van der Waals surface area (Å²) in [5, 5.41) is 2.91. The average molecular weight is 238 g/mol. The van der Waals surface area contributed by atoms with E-state index >= 15 is 0 Å². The standard InChI is InChI=1S/C12H18N2OS/c1-12(2,5-7-16)9-14-11(15)10-4-3-6-13-8-10/h3-4,6,8,16H,5,7,9H2,1-2H3,(H,14,15). The maximum atomic E-state index is 11.7. The van der Waals surface area contributed by atoms with E-state index in [4.69, 9.17) is 0 Å². The largest absolute Gasteiger partial charge is 0.351 e. The van der Waals surface area contributed by atoms with Gasteiger partial charge < -0.3 is 5.32 Å². The van der Waals surface area contributed by atoms with Crippen LogP contribution in [0.3, 0.4) is 0 Å². The van der Waals surface area contributed by atoms with Crippen molar-refractivity contribution >= 4 is 18.5 Å². The van der Waals surface area contributed by atoms with Gasteiger partial charge in [-0.25, -0.2) is 0 Å². The monoisotopic (exact) mass is 238 g/mol. The third-order valence-electron chi connectivity index (χ3n) is 2.44. The SMILES string of the molecule is CC(C)(CCS)CNC(=O)c1cccnc1. The number of pyridine rings is 1. The molecule has 0 saturated heterocycles. The smallest absolute Gasteiger partial charge is 0.252 e. The van der Waals surface area contributed by atoms with Crippen LogP contribution < -0.4 is 5.32 Å². The van der Waals surface area contributed by atoms with Gasteiger partial charge in [-0.15, -0.1) is 0 Å². The molecule has 0 aliphatic rings. The first kappa shape index (κ1) is 13.0. The summed E-state index contributed by atoms with van der Waals surface area (Å²) in [6.45, 7) is 4.89. The molecule has 4 heteroatoms. The van der Waals surface area contributed by atoms with Crippen LogP contribution in [0.4, 0.5) is 0 Å². The van der Waals surface area contributed by atoms with Crippen molar-refractivity contribution in [3.05, 3.63) is 30.1 Å². The molecule has 0 atom stereocenters. The van der Waals surface area contributed by atoms with Crippen LogP contribution in [-0.2, 0) is 0 Å². The van der Waals surface area contributed by atoms with Gasteiger partial charge >= 0.3 is 0 Å². The lowest BCUT2D eigenvalue weighted by molar-refractivity contribution is 0.0935. The van der Waals surface area contributed by atoms with Crippen LogP contribution in [0.1, 0.15) is 30.6 Å². The van der Waals surface area contributed by atoms with Gasteiger partial charge in [0.05, 0.1) is 5.56 Å². The molecule has 0 aliphatic carbocycles. The number of amides is 1. The fourth-order valence-corrected chi connectivity index (χ4v) is 1.92. The van der Waals surface area contributed by atoms with Crippen molar-refractivity contribution in [1.29, 1.82) is 0 Å². The quantitative estimate of drug-likeness (QED) is 0.772. The lowest BCUT2D eigenvalue weighted by Gasteiger charge is -2.23. The number of carbonyl (C=O) groups is 1. The van der Waals surface area contributed by atoms with Crippen LogP contribution in [0.5, 0.6) is 0 Å². The van der Waals surface area contributed by atoms with E-state index in [1.165, 1.54) is 0 Å². The third-order valence-corrected chi connectivity index (χ3v) is 2.66. The molecule has 0 radical (unpaired) electrons. The van der Waals surface area contributed by atoms with E-state index in [1.54, 1.807) is 24.5 Å². The van der Waals surface area contributed by atoms with Gasteiger partial charge in [-0.05, 0) is 29.7 Å². The molecule has 1 aromatic rings. The minimum Gasteiger partial charge on any atom is -0.351 e.